The molecule has 0 saturated carbocycles. The molecule has 0 bridgehead atoms. The number of methoxy groups -OCH3 is 1. The summed E-state index contributed by atoms with van der Waals surface area (Å²) in [7, 11) is 1.61. The first-order valence-corrected chi connectivity index (χ1v) is 10.6. The van der Waals surface area contributed by atoms with Crippen LogP contribution in [0, 0.1) is 18.3 Å². The number of aryl methyl sites for hydroxylation is 1. The summed E-state index contributed by atoms with van der Waals surface area (Å²) < 4.78 is 5.31. The van der Waals surface area contributed by atoms with E-state index >= 15 is 0 Å². The van der Waals surface area contributed by atoms with Crippen LogP contribution in [-0.4, -0.2) is 30.5 Å². The van der Waals surface area contributed by atoms with Crippen molar-refractivity contribution in [1.29, 1.82) is 5.26 Å². The molecule has 2 aromatic rings. The number of amides is 1. The third kappa shape index (κ3) is 3.68. The summed E-state index contributed by atoms with van der Waals surface area (Å²) in [5.41, 5.74) is 3.55. The fraction of sp³-hybridized carbons (Fsp3) is 0.273. The van der Waals surface area contributed by atoms with Crippen molar-refractivity contribution >= 4 is 35.0 Å². The molecule has 1 fully saturated rings. The highest BCUT2D eigenvalue weighted by Gasteiger charge is 2.38. The standard InChI is InChI=1S/C22H20ClN3O2S/c1-14-6-7-16(9-20(14)23)25-12-26-21(27)10-18(19(11-24)22(26)29-13-25)15-4-3-5-17(8-15)28-2/h3-9,18H,10,12-13H2,1-2H3/t18-/m1/s1. The second-order valence-corrected chi connectivity index (χ2v) is 8.41. The van der Waals surface area contributed by atoms with E-state index in [0.29, 0.717) is 23.1 Å². The number of hydrogen-bond donors (Lipinski definition) is 0. The number of thioether (sulfide) groups is 1. The molecule has 5 nitrogen and oxygen atoms in total. The average molecular weight is 426 g/mol. The summed E-state index contributed by atoms with van der Waals surface area (Å²) in [6.07, 6.45) is 0.266. The number of allylic oxidation sites excluding steroid dienone is 1. The molecule has 0 spiro atoms. The highest BCUT2D eigenvalue weighted by atomic mass is 35.5. The first-order valence-electron chi connectivity index (χ1n) is 9.24. The minimum atomic E-state index is -0.248. The van der Waals surface area contributed by atoms with Crippen LogP contribution in [0.3, 0.4) is 0 Å². The van der Waals surface area contributed by atoms with Gasteiger partial charge in [-0.2, -0.15) is 5.26 Å². The summed E-state index contributed by atoms with van der Waals surface area (Å²) in [6, 6.07) is 15.9. The number of carbonyl (C=O) groups excluding carboxylic acids is 1. The lowest BCUT2D eigenvalue weighted by Gasteiger charge is -2.42. The van der Waals surface area contributed by atoms with Gasteiger partial charge >= 0.3 is 0 Å². The van der Waals surface area contributed by atoms with Gasteiger partial charge in [0, 0.05) is 23.0 Å². The Kier molecular flexibility index (Phi) is 5.44. The molecular formula is C22H20ClN3O2S. The molecule has 2 heterocycles. The predicted molar refractivity (Wildman–Crippen MR) is 116 cm³/mol. The van der Waals surface area contributed by atoms with Gasteiger partial charge in [0.2, 0.25) is 5.91 Å². The number of ether oxygens (including phenoxy) is 1. The number of fused-ring (bicyclic) bond motifs is 1. The number of benzene rings is 2. The van der Waals surface area contributed by atoms with Crippen molar-refractivity contribution in [3.63, 3.8) is 0 Å². The van der Waals surface area contributed by atoms with E-state index in [4.69, 9.17) is 16.3 Å². The summed E-state index contributed by atoms with van der Waals surface area (Å²) >= 11 is 7.80. The van der Waals surface area contributed by atoms with Crippen LogP contribution >= 0.6 is 23.4 Å². The number of anilines is 1. The number of halogens is 1. The molecule has 1 amide bonds. The molecule has 1 atom stereocenters. The van der Waals surface area contributed by atoms with E-state index in [0.717, 1.165) is 27.6 Å². The van der Waals surface area contributed by atoms with E-state index in [1.807, 2.05) is 49.4 Å². The Balaban J connectivity index is 1.66. The van der Waals surface area contributed by atoms with E-state index in [1.54, 1.807) is 12.0 Å². The van der Waals surface area contributed by atoms with E-state index in [9.17, 15) is 10.1 Å². The Hall–Kier alpha value is -2.62. The van der Waals surface area contributed by atoms with Crippen molar-refractivity contribution in [1.82, 2.24) is 4.90 Å². The maximum atomic E-state index is 13.0. The maximum Gasteiger partial charge on any atom is 0.229 e. The largest absolute Gasteiger partial charge is 0.497 e. The van der Waals surface area contributed by atoms with Crippen LogP contribution < -0.4 is 9.64 Å². The highest BCUT2D eigenvalue weighted by molar-refractivity contribution is 8.03. The fourth-order valence-electron chi connectivity index (χ4n) is 3.65. The molecule has 2 aliphatic rings. The number of carbonyl (C=O) groups is 1. The molecule has 2 aliphatic heterocycles. The Morgan fingerprint density at radius 1 is 1.28 bits per heavy atom. The zero-order valence-electron chi connectivity index (χ0n) is 16.2. The summed E-state index contributed by atoms with van der Waals surface area (Å²) in [4.78, 5) is 16.8. The van der Waals surface area contributed by atoms with Gasteiger partial charge < -0.3 is 9.64 Å². The Labute approximate surface area is 179 Å². The lowest BCUT2D eigenvalue weighted by molar-refractivity contribution is -0.129. The quantitative estimate of drug-likeness (QED) is 0.701. The SMILES string of the molecule is COc1cccc([C@H]2CC(=O)N3CN(c4ccc(C)c(Cl)c4)CSC3=C2C#N)c1. The van der Waals surface area contributed by atoms with Crippen LogP contribution in [0.5, 0.6) is 5.75 Å². The van der Waals surface area contributed by atoms with Crippen LogP contribution in [0.25, 0.3) is 0 Å². The van der Waals surface area contributed by atoms with Gasteiger partial charge in [0.1, 0.15) is 5.75 Å². The third-order valence-electron chi connectivity index (χ3n) is 5.31. The molecule has 2 aromatic carbocycles. The molecule has 0 aromatic heterocycles. The van der Waals surface area contributed by atoms with Gasteiger partial charge in [0.05, 0.1) is 36.3 Å². The number of rotatable bonds is 3. The molecule has 29 heavy (non-hydrogen) atoms. The molecule has 0 aliphatic carbocycles. The number of nitrogens with zero attached hydrogens (tertiary/aromatic N) is 3. The number of nitriles is 1. The zero-order valence-corrected chi connectivity index (χ0v) is 17.8. The Morgan fingerprint density at radius 2 is 2.10 bits per heavy atom. The van der Waals surface area contributed by atoms with Crippen LogP contribution in [0.4, 0.5) is 5.69 Å². The summed E-state index contributed by atoms with van der Waals surface area (Å²) in [6.45, 7) is 2.38. The van der Waals surface area contributed by atoms with E-state index in [1.165, 1.54) is 11.8 Å². The normalized spacial score (nSPS) is 19.1. The monoisotopic (exact) mass is 425 g/mol. The molecule has 7 heteroatoms. The van der Waals surface area contributed by atoms with Gasteiger partial charge in [-0.15, -0.1) is 0 Å². The van der Waals surface area contributed by atoms with Gasteiger partial charge in [-0.3, -0.25) is 9.69 Å². The van der Waals surface area contributed by atoms with Gasteiger partial charge in [0.25, 0.3) is 0 Å². The molecule has 0 N–H and O–H groups in total. The van der Waals surface area contributed by atoms with Crippen molar-refractivity contribution in [2.24, 2.45) is 0 Å². The average Bonchev–Trinajstić information content (AvgIpc) is 2.75. The second kappa shape index (κ2) is 8.02. The zero-order chi connectivity index (χ0) is 20.5. The predicted octanol–water partition coefficient (Wildman–Crippen LogP) is 4.88. The van der Waals surface area contributed by atoms with Gasteiger partial charge in [-0.05, 0) is 42.3 Å². The smallest absolute Gasteiger partial charge is 0.229 e. The number of hydrogen-bond acceptors (Lipinski definition) is 5. The fourth-order valence-corrected chi connectivity index (χ4v) is 4.99. The van der Waals surface area contributed by atoms with Gasteiger partial charge in [0.15, 0.2) is 0 Å². The minimum absolute atomic E-state index is 0.0160. The maximum absolute atomic E-state index is 13.0. The Bertz CT molecular complexity index is 1050. The molecule has 4 rings (SSSR count). The highest BCUT2D eigenvalue weighted by Crippen LogP contribution is 2.43. The molecule has 0 unspecified atom stereocenters. The van der Waals surface area contributed by atoms with Crippen LogP contribution in [0.15, 0.2) is 53.1 Å². The lowest BCUT2D eigenvalue weighted by atomic mass is 9.86. The summed E-state index contributed by atoms with van der Waals surface area (Å²) in [5.74, 6) is 1.14. The molecular weight excluding hydrogens is 406 g/mol. The second-order valence-electron chi connectivity index (χ2n) is 7.07. The van der Waals surface area contributed by atoms with E-state index in [-0.39, 0.29) is 18.2 Å². The van der Waals surface area contributed by atoms with Crippen molar-refractivity contribution in [3.8, 4) is 11.8 Å². The Morgan fingerprint density at radius 3 is 2.83 bits per heavy atom. The van der Waals surface area contributed by atoms with Crippen molar-refractivity contribution in [3.05, 3.63) is 69.2 Å². The topological polar surface area (TPSA) is 56.6 Å². The van der Waals surface area contributed by atoms with Crippen molar-refractivity contribution < 1.29 is 9.53 Å². The van der Waals surface area contributed by atoms with Crippen molar-refractivity contribution in [2.75, 3.05) is 24.6 Å². The van der Waals surface area contributed by atoms with Gasteiger partial charge in [-0.25, -0.2) is 0 Å². The molecule has 0 radical (unpaired) electrons. The van der Waals surface area contributed by atoms with Crippen LogP contribution in [0.1, 0.15) is 23.5 Å². The molecule has 1 saturated heterocycles. The van der Waals surface area contributed by atoms with Crippen LogP contribution in [0.2, 0.25) is 5.02 Å². The van der Waals surface area contributed by atoms with E-state index < -0.39 is 0 Å². The van der Waals surface area contributed by atoms with Crippen molar-refractivity contribution in [2.45, 2.75) is 19.3 Å². The first kappa shape index (κ1) is 19.7. The minimum Gasteiger partial charge on any atom is -0.497 e. The van der Waals surface area contributed by atoms with Crippen LogP contribution in [-0.2, 0) is 4.79 Å². The summed E-state index contributed by atoms with van der Waals surface area (Å²) in [5, 5.41) is 11.4. The third-order valence-corrected chi connectivity index (χ3v) is 6.87. The molecule has 148 valence electrons. The lowest BCUT2D eigenvalue weighted by Crippen LogP contribution is -2.47. The van der Waals surface area contributed by atoms with E-state index in [2.05, 4.69) is 11.0 Å². The first-order chi connectivity index (χ1) is 14.0. The van der Waals surface area contributed by atoms with Gasteiger partial charge in [-0.1, -0.05) is 41.6 Å².